The standard InChI is InChI=1S/C13H29NO2/c1-6-7-8-16-10-12(15)9-14-11(2)13(3,4)5/h11-12,14-15H,6-10H2,1-5H3. The Labute approximate surface area is 101 Å². The molecule has 0 bridgehead atoms. The van der Waals surface area contributed by atoms with Crippen molar-refractivity contribution in [1.29, 1.82) is 0 Å². The van der Waals surface area contributed by atoms with Gasteiger partial charge in [-0.2, -0.15) is 0 Å². The maximum absolute atomic E-state index is 9.68. The number of aliphatic hydroxyl groups is 1. The van der Waals surface area contributed by atoms with E-state index in [9.17, 15) is 5.11 Å². The van der Waals surface area contributed by atoms with E-state index in [0.29, 0.717) is 19.2 Å². The van der Waals surface area contributed by atoms with E-state index in [0.717, 1.165) is 19.4 Å². The fourth-order valence-electron chi connectivity index (χ4n) is 1.14. The van der Waals surface area contributed by atoms with Gasteiger partial charge < -0.3 is 15.2 Å². The highest BCUT2D eigenvalue weighted by atomic mass is 16.5. The third-order valence-corrected chi connectivity index (χ3v) is 2.91. The molecule has 98 valence electrons. The molecule has 0 amide bonds. The van der Waals surface area contributed by atoms with Crippen LogP contribution in [0.4, 0.5) is 0 Å². The number of aliphatic hydroxyl groups excluding tert-OH is 1. The number of unbranched alkanes of at least 4 members (excludes halogenated alkanes) is 1. The van der Waals surface area contributed by atoms with E-state index in [1.165, 1.54) is 0 Å². The van der Waals surface area contributed by atoms with E-state index in [1.54, 1.807) is 0 Å². The highest BCUT2D eigenvalue weighted by molar-refractivity contribution is 4.77. The molecule has 0 aromatic rings. The Balaban J connectivity index is 3.53. The molecule has 2 unspecified atom stereocenters. The predicted molar refractivity (Wildman–Crippen MR) is 68.7 cm³/mol. The zero-order chi connectivity index (χ0) is 12.6. The highest BCUT2D eigenvalue weighted by Gasteiger charge is 2.19. The fraction of sp³-hybridized carbons (Fsp3) is 1.00. The maximum Gasteiger partial charge on any atom is 0.0897 e. The van der Waals surface area contributed by atoms with Crippen molar-refractivity contribution in [2.75, 3.05) is 19.8 Å². The third kappa shape index (κ3) is 8.08. The highest BCUT2D eigenvalue weighted by Crippen LogP contribution is 2.18. The van der Waals surface area contributed by atoms with E-state index in [-0.39, 0.29) is 5.41 Å². The molecule has 0 saturated heterocycles. The van der Waals surface area contributed by atoms with Gasteiger partial charge in [-0.25, -0.2) is 0 Å². The largest absolute Gasteiger partial charge is 0.389 e. The fourth-order valence-corrected chi connectivity index (χ4v) is 1.14. The predicted octanol–water partition coefficient (Wildman–Crippen LogP) is 2.19. The molecule has 0 fully saturated rings. The molecule has 0 aromatic carbocycles. The van der Waals surface area contributed by atoms with E-state index < -0.39 is 6.10 Å². The first kappa shape index (κ1) is 15.9. The Bertz CT molecular complexity index is 166. The molecule has 0 rings (SSSR count). The van der Waals surface area contributed by atoms with Crippen LogP contribution in [0.2, 0.25) is 0 Å². The second kappa shape index (κ2) is 8.04. The molecule has 0 aliphatic rings. The van der Waals surface area contributed by atoms with Crippen molar-refractivity contribution in [2.24, 2.45) is 5.41 Å². The summed E-state index contributed by atoms with van der Waals surface area (Å²) in [6.07, 6.45) is 1.80. The van der Waals surface area contributed by atoms with E-state index in [2.05, 4.69) is 39.9 Å². The molecule has 0 saturated carbocycles. The Hall–Kier alpha value is -0.120. The molecule has 0 aliphatic carbocycles. The molecule has 0 heterocycles. The molecule has 3 nitrogen and oxygen atoms in total. The first-order valence-electron chi connectivity index (χ1n) is 6.37. The lowest BCUT2D eigenvalue weighted by Gasteiger charge is -2.29. The van der Waals surface area contributed by atoms with Crippen LogP contribution in [-0.4, -0.2) is 37.0 Å². The molecule has 0 aromatic heterocycles. The van der Waals surface area contributed by atoms with Gasteiger partial charge in [0.05, 0.1) is 12.7 Å². The summed E-state index contributed by atoms with van der Waals surface area (Å²) in [4.78, 5) is 0. The van der Waals surface area contributed by atoms with Crippen molar-refractivity contribution in [3.63, 3.8) is 0 Å². The summed E-state index contributed by atoms with van der Waals surface area (Å²) >= 11 is 0. The first-order valence-corrected chi connectivity index (χ1v) is 6.37. The number of rotatable bonds is 8. The average molecular weight is 231 g/mol. The number of hydrogen-bond donors (Lipinski definition) is 2. The minimum Gasteiger partial charge on any atom is -0.389 e. The summed E-state index contributed by atoms with van der Waals surface area (Å²) in [6, 6.07) is 0.387. The van der Waals surface area contributed by atoms with Crippen molar-refractivity contribution in [2.45, 2.75) is 59.6 Å². The summed E-state index contributed by atoms with van der Waals surface area (Å²) in [5.74, 6) is 0. The smallest absolute Gasteiger partial charge is 0.0897 e. The van der Waals surface area contributed by atoms with Gasteiger partial charge >= 0.3 is 0 Å². The quantitative estimate of drug-likeness (QED) is 0.629. The summed E-state index contributed by atoms with van der Waals surface area (Å²) < 4.78 is 5.36. The van der Waals surface area contributed by atoms with Gasteiger partial charge in [0.1, 0.15) is 0 Å². The lowest BCUT2D eigenvalue weighted by atomic mass is 9.88. The van der Waals surface area contributed by atoms with Crippen molar-refractivity contribution < 1.29 is 9.84 Å². The summed E-state index contributed by atoms with van der Waals surface area (Å²) in [6.45, 7) is 12.6. The van der Waals surface area contributed by atoms with E-state index >= 15 is 0 Å². The molecular weight excluding hydrogens is 202 g/mol. The second-order valence-corrected chi connectivity index (χ2v) is 5.58. The monoisotopic (exact) mass is 231 g/mol. The Kier molecular flexibility index (Phi) is 7.98. The number of nitrogens with one attached hydrogen (secondary N) is 1. The van der Waals surface area contributed by atoms with Crippen LogP contribution in [0.25, 0.3) is 0 Å². The lowest BCUT2D eigenvalue weighted by Crippen LogP contribution is -2.42. The molecule has 2 N–H and O–H groups in total. The Morgan fingerprint density at radius 3 is 2.44 bits per heavy atom. The number of ether oxygens (including phenoxy) is 1. The third-order valence-electron chi connectivity index (χ3n) is 2.91. The van der Waals surface area contributed by atoms with Gasteiger partial charge in [0.15, 0.2) is 0 Å². The molecule has 2 atom stereocenters. The molecular formula is C13H29NO2. The SMILES string of the molecule is CCCCOCC(O)CNC(C)C(C)(C)C. The molecule has 3 heteroatoms. The minimum atomic E-state index is -0.401. The zero-order valence-electron chi connectivity index (χ0n) is 11.5. The molecule has 0 spiro atoms. The second-order valence-electron chi connectivity index (χ2n) is 5.58. The summed E-state index contributed by atoms with van der Waals surface area (Å²) in [7, 11) is 0. The molecule has 16 heavy (non-hydrogen) atoms. The van der Waals surface area contributed by atoms with Crippen LogP contribution in [0, 0.1) is 5.41 Å². The van der Waals surface area contributed by atoms with Crippen molar-refractivity contribution in [3.05, 3.63) is 0 Å². The molecule has 0 aliphatic heterocycles. The normalized spacial score (nSPS) is 16.1. The van der Waals surface area contributed by atoms with Crippen molar-refractivity contribution in [3.8, 4) is 0 Å². The summed E-state index contributed by atoms with van der Waals surface area (Å²) in [5, 5.41) is 13.0. The van der Waals surface area contributed by atoms with Gasteiger partial charge in [-0.3, -0.25) is 0 Å². The topological polar surface area (TPSA) is 41.5 Å². The first-order chi connectivity index (χ1) is 7.38. The van der Waals surface area contributed by atoms with Gasteiger partial charge in [0.25, 0.3) is 0 Å². The van der Waals surface area contributed by atoms with Crippen LogP contribution in [0.5, 0.6) is 0 Å². The summed E-state index contributed by atoms with van der Waals surface area (Å²) in [5.41, 5.74) is 0.225. The average Bonchev–Trinajstić information content (AvgIpc) is 2.19. The Morgan fingerprint density at radius 1 is 1.31 bits per heavy atom. The van der Waals surface area contributed by atoms with Crippen LogP contribution in [0.1, 0.15) is 47.5 Å². The van der Waals surface area contributed by atoms with Crippen molar-refractivity contribution in [1.82, 2.24) is 5.32 Å². The van der Waals surface area contributed by atoms with Gasteiger partial charge in [0.2, 0.25) is 0 Å². The van der Waals surface area contributed by atoms with E-state index in [1.807, 2.05) is 0 Å². The van der Waals surface area contributed by atoms with Crippen molar-refractivity contribution >= 4 is 0 Å². The van der Waals surface area contributed by atoms with Crippen LogP contribution < -0.4 is 5.32 Å². The van der Waals surface area contributed by atoms with Gasteiger partial charge in [-0.15, -0.1) is 0 Å². The van der Waals surface area contributed by atoms with E-state index in [4.69, 9.17) is 4.74 Å². The molecule has 0 radical (unpaired) electrons. The van der Waals surface area contributed by atoms with Gasteiger partial charge in [-0.1, -0.05) is 34.1 Å². The van der Waals surface area contributed by atoms with Crippen LogP contribution >= 0.6 is 0 Å². The maximum atomic E-state index is 9.68. The number of hydrogen-bond acceptors (Lipinski definition) is 3. The van der Waals surface area contributed by atoms with Gasteiger partial charge in [0, 0.05) is 19.2 Å². The minimum absolute atomic E-state index is 0.225. The van der Waals surface area contributed by atoms with Crippen LogP contribution in [0.15, 0.2) is 0 Å². The zero-order valence-corrected chi connectivity index (χ0v) is 11.5. The van der Waals surface area contributed by atoms with Crippen LogP contribution in [-0.2, 0) is 4.74 Å². The van der Waals surface area contributed by atoms with Crippen LogP contribution in [0.3, 0.4) is 0 Å². The van der Waals surface area contributed by atoms with Gasteiger partial charge in [-0.05, 0) is 18.8 Å². The Morgan fingerprint density at radius 2 is 1.94 bits per heavy atom. The lowest BCUT2D eigenvalue weighted by molar-refractivity contribution is 0.0328.